The van der Waals surface area contributed by atoms with Gasteiger partial charge in [-0.15, -0.1) is 0 Å². The lowest BCUT2D eigenvalue weighted by atomic mass is 10.3. The zero-order chi connectivity index (χ0) is 18.2. The molecule has 0 saturated carbocycles. The maximum Gasteiger partial charge on any atom is 0.242 e. The fourth-order valence-electron chi connectivity index (χ4n) is 2.50. The van der Waals surface area contributed by atoms with Crippen LogP contribution in [0.25, 0.3) is 0 Å². The van der Waals surface area contributed by atoms with E-state index in [1.54, 1.807) is 11.8 Å². The first-order valence-electron chi connectivity index (χ1n) is 8.30. The molecule has 1 aromatic rings. The van der Waals surface area contributed by atoms with Crippen molar-refractivity contribution in [3.05, 3.63) is 30.1 Å². The second kappa shape index (κ2) is 9.12. The molecular formula is C17H23FN4O3. The van der Waals surface area contributed by atoms with Crippen molar-refractivity contribution in [1.29, 1.82) is 0 Å². The quantitative estimate of drug-likeness (QED) is 0.780. The van der Waals surface area contributed by atoms with Crippen LogP contribution in [0.1, 0.15) is 13.3 Å². The number of amides is 3. The molecule has 7 nitrogen and oxygen atoms in total. The third-order valence-corrected chi connectivity index (χ3v) is 3.98. The summed E-state index contributed by atoms with van der Waals surface area (Å²) in [6.45, 7) is 4.17. The minimum atomic E-state index is -0.353. The Kier molecular flexibility index (Phi) is 6.88. The lowest BCUT2D eigenvalue weighted by molar-refractivity contribution is -0.134. The maximum absolute atomic E-state index is 12.8. The van der Waals surface area contributed by atoms with Gasteiger partial charge in [-0.25, -0.2) is 4.39 Å². The van der Waals surface area contributed by atoms with E-state index in [2.05, 4.69) is 10.6 Å². The zero-order valence-electron chi connectivity index (χ0n) is 14.3. The Morgan fingerprint density at radius 2 is 1.68 bits per heavy atom. The van der Waals surface area contributed by atoms with E-state index in [4.69, 9.17) is 0 Å². The van der Waals surface area contributed by atoms with Crippen LogP contribution in [0.15, 0.2) is 24.3 Å². The first kappa shape index (κ1) is 18.9. The van der Waals surface area contributed by atoms with E-state index in [1.807, 2.05) is 4.90 Å². The first-order valence-corrected chi connectivity index (χ1v) is 8.30. The highest BCUT2D eigenvalue weighted by molar-refractivity contribution is 5.92. The molecule has 0 radical (unpaired) electrons. The lowest BCUT2D eigenvalue weighted by Crippen LogP contribution is -2.52. The van der Waals surface area contributed by atoms with Crippen LogP contribution in [0.3, 0.4) is 0 Å². The number of carbonyl (C=O) groups excluding carboxylic acids is 3. The lowest BCUT2D eigenvalue weighted by Gasteiger charge is -2.34. The van der Waals surface area contributed by atoms with Crippen LogP contribution < -0.4 is 10.6 Å². The Bertz CT molecular complexity index is 613. The van der Waals surface area contributed by atoms with Gasteiger partial charge in [0, 0.05) is 38.3 Å². The van der Waals surface area contributed by atoms with E-state index in [-0.39, 0.29) is 36.6 Å². The van der Waals surface area contributed by atoms with Gasteiger partial charge in [0.25, 0.3) is 0 Å². The predicted molar refractivity (Wildman–Crippen MR) is 91.4 cm³/mol. The molecule has 0 aromatic heterocycles. The largest absolute Gasteiger partial charge is 0.347 e. The minimum absolute atomic E-state index is 0.0116. The molecule has 2 rings (SSSR count). The number of rotatable bonds is 6. The Morgan fingerprint density at radius 3 is 2.28 bits per heavy atom. The molecule has 1 aliphatic rings. The summed E-state index contributed by atoms with van der Waals surface area (Å²) in [5.41, 5.74) is 0.548. The van der Waals surface area contributed by atoms with Gasteiger partial charge in [-0.3, -0.25) is 19.3 Å². The topological polar surface area (TPSA) is 81.8 Å². The van der Waals surface area contributed by atoms with Crippen LogP contribution in [-0.2, 0) is 14.4 Å². The molecule has 3 amide bonds. The van der Waals surface area contributed by atoms with Gasteiger partial charge in [0.15, 0.2) is 0 Å². The van der Waals surface area contributed by atoms with Crippen LogP contribution in [0, 0.1) is 5.82 Å². The number of benzene rings is 1. The van der Waals surface area contributed by atoms with Crippen LogP contribution in [0.5, 0.6) is 0 Å². The summed E-state index contributed by atoms with van der Waals surface area (Å²) in [4.78, 5) is 38.8. The van der Waals surface area contributed by atoms with Gasteiger partial charge < -0.3 is 15.5 Å². The summed E-state index contributed by atoms with van der Waals surface area (Å²) < 4.78 is 12.8. The summed E-state index contributed by atoms with van der Waals surface area (Å²) in [7, 11) is 0. The van der Waals surface area contributed by atoms with Crippen molar-refractivity contribution in [2.45, 2.75) is 13.3 Å². The average molecular weight is 350 g/mol. The van der Waals surface area contributed by atoms with Crippen LogP contribution in [0.2, 0.25) is 0 Å². The Labute approximate surface area is 146 Å². The number of hydrogen-bond donors (Lipinski definition) is 2. The molecule has 8 heteroatoms. The van der Waals surface area contributed by atoms with Gasteiger partial charge in [-0.2, -0.15) is 0 Å². The molecule has 1 aromatic carbocycles. The van der Waals surface area contributed by atoms with E-state index >= 15 is 0 Å². The third kappa shape index (κ3) is 6.15. The normalized spacial score (nSPS) is 14.9. The van der Waals surface area contributed by atoms with Crippen LogP contribution >= 0.6 is 0 Å². The summed E-state index contributed by atoms with van der Waals surface area (Å²) in [5.74, 6) is -0.794. The minimum Gasteiger partial charge on any atom is -0.347 e. The summed E-state index contributed by atoms with van der Waals surface area (Å²) in [5, 5.41) is 5.28. The molecule has 0 spiro atoms. The van der Waals surface area contributed by atoms with E-state index in [9.17, 15) is 18.8 Å². The van der Waals surface area contributed by atoms with Crippen molar-refractivity contribution in [1.82, 2.24) is 15.1 Å². The molecule has 0 aliphatic carbocycles. The van der Waals surface area contributed by atoms with Crippen molar-refractivity contribution in [2.24, 2.45) is 0 Å². The maximum atomic E-state index is 12.8. The van der Waals surface area contributed by atoms with Gasteiger partial charge in [0.05, 0.1) is 13.1 Å². The van der Waals surface area contributed by atoms with Crippen LogP contribution in [-0.4, -0.2) is 66.8 Å². The molecule has 1 fully saturated rings. The number of anilines is 1. The Balaban J connectivity index is 1.70. The summed E-state index contributed by atoms with van der Waals surface area (Å²) in [6, 6.07) is 5.59. The number of nitrogens with one attached hydrogen (secondary N) is 2. The summed E-state index contributed by atoms with van der Waals surface area (Å²) in [6.07, 6.45) is 0.351. The van der Waals surface area contributed by atoms with E-state index in [0.717, 1.165) is 0 Å². The monoisotopic (exact) mass is 350 g/mol. The highest BCUT2D eigenvalue weighted by atomic mass is 19.1. The van der Waals surface area contributed by atoms with Gasteiger partial charge in [-0.1, -0.05) is 6.92 Å². The number of halogens is 1. The molecule has 136 valence electrons. The number of nitrogens with zero attached hydrogens (tertiary/aromatic N) is 2. The van der Waals surface area contributed by atoms with Gasteiger partial charge in [0.2, 0.25) is 17.7 Å². The molecule has 1 aliphatic heterocycles. The van der Waals surface area contributed by atoms with E-state index in [1.165, 1.54) is 24.3 Å². The molecule has 25 heavy (non-hydrogen) atoms. The molecule has 1 saturated heterocycles. The van der Waals surface area contributed by atoms with Gasteiger partial charge in [-0.05, 0) is 24.3 Å². The fraction of sp³-hybridized carbons (Fsp3) is 0.471. The summed E-state index contributed by atoms with van der Waals surface area (Å²) >= 11 is 0. The fourth-order valence-corrected chi connectivity index (χ4v) is 2.50. The van der Waals surface area contributed by atoms with Crippen molar-refractivity contribution in [2.75, 3.05) is 44.6 Å². The molecular weight excluding hydrogens is 327 g/mol. The van der Waals surface area contributed by atoms with Gasteiger partial charge in [0.1, 0.15) is 5.82 Å². The van der Waals surface area contributed by atoms with Gasteiger partial charge >= 0.3 is 0 Å². The Hall–Kier alpha value is -2.48. The highest BCUT2D eigenvalue weighted by Gasteiger charge is 2.22. The van der Waals surface area contributed by atoms with Crippen molar-refractivity contribution in [3.63, 3.8) is 0 Å². The standard InChI is InChI=1S/C17H23FN4O3/c1-2-15(23)19-11-17(25)22-9-7-21(8-10-22)12-16(24)20-14-5-3-13(18)4-6-14/h3-6H,2,7-12H2,1H3,(H,19,23)(H,20,24). The second-order valence-electron chi connectivity index (χ2n) is 5.84. The molecule has 2 N–H and O–H groups in total. The number of piperazine rings is 1. The molecule has 0 atom stereocenters. The number of hydrogen-bond acceptors (Lipinski definition) is 4. The smallest absolute Gasteiger partial charge is 0.242 e. The van der Waals surface area contributed by atoms with Crippen molar-refractivity contribution < 1.29 is 18.8 Å². The molecule has 0 unspecified atom stereocenters. The number of carbonyl (C=O) groups is 3. The van der Waals surface area contributed by atoms with Crippen LogP contribution in [0.4, 0.5) is 10.1 Å². The highest BCUT2D eigenvalue weighted by Crippen LogP contribution is 2.09. The molecule has 0 bridgehead atoms. The Morgan fingerprint density at radius 1 is 1.04 bits per heavy atom. The van der Waals surface area contributed by atoms with Crippen molar-refractivity contribution >= 4 is 23.4 Å². The second-order valence-corrected chi connectivity index (χ2v) is 5.84. The van der Waals surface area contributed by atoms with E-state index < -0.39 is 0 Å². The van der Waals surface area contributed by atoms with E-state index in [0.29, 0.717) is 38.3 Å². The van der Waals surface area contributed by atoms with Crippen molar-refractivity contribution in [3.8, 4) is 0 Å². The third-order valence-electron chi connectivity index (χ3n) is 3.98. The zero-order valence-corrected chi connectivity index (χ0v) is 14.3. The SMILES string of the molecule is CCC(=O)NCC(=O)N1CCN(CC(=O)Nc2ccc(F)cc2)CC1. The first-order chi connectivity index (χ1) is 12.0. The average Bonchev–Trinajstić information content (AvgIpc) is 2.62. The predicted octanol–water partition coefficient (Wildman–Crippen LogP) is 0.435. The molecule has 1 heterocycles.